The Kier molecular flexibility index (Phi) is 6.00. The maximum Gasteiger partial charge on any atom is 0.338 e. The Morgan fingerprint density at radius 2 is 1.88 bits per heavy atom. The zero-order valence-corrected chi connectivity index (χ0v) is 15.7. The molecule has 2 aliphatic rings. The number of nitrogens with zero attached hydrogens (tertiary/aromatic N) is 1. The molecule has 138 valence electrons. The largest absolute Gasteiger partial charge is 0.494 e. The molecule has 0 radical (unpaired) electrons. The molecule has 25 heavy (non-hydrogen) atoms. The quantitative estimate of drug-likeness (QED) is 0.576. The van der Waals surface area contributed by atoms with Crippen LogP contribution in [0.4, 0.5) is 0 Å². The molecule has 0 bridgehead atoms. The normalized spacial score (nSPS) is 28.9. The maximum atomic E-state index is 12.2. The average Bonchev–Trinajstić information content (AvgIpc) is 2.62. The van der Waals surface area contributed by atoms with Crippen molar-refractivity contribution in [2.24, 2.45) is 5.92 Å². The van der Waals surface area contributed by atoms with E-state index in [4.69, 9.17) is 9.47 Å². The van der Waals surface area contributed by atoms with Gasteiger partial charge in [-0.25, -0.2) is 4.79 Å². The second kappa shape index (κ2) is 8.22. The van der Waals surface area contributed by atoms with E-state index in [2.05, 4.69) is 7.05 Å². The van der Waals surface area contributed by atoms with Gasteiger partial charge in [-0.2, -0.15) is 0 Å². The van der Waals surface area contributed by atoms with Gasteiger partial charge in [0.1, 0.15) is 5.75 Å². The van der Waals surface area contributed by atoms with Gasteiger partial charge >= 0.3 is 5.97 Å². The topological polar surface area (TPSA) is 35.5 Å². The highest BCUT2D eigenvalue weighted by atomic mass is 16.5. The number of carbonyl (C=O) groups is 1. The van der Waals surface area contributed by atoms with Crippen molar-refractivity contribution in [1.29, 1.82) is 0 Å². The lowest BCUT2D eigenvalue weighted by Gasteiger charge is -2.51. The first-order valence-corrected chi connectivity index (χ1v) is 9.86. The van der Waals surface area contributed by atoms with E-state index in [1.54, 1.807) is 12.1 Å². The predicted molar refractivity (Wildman–Crippen MR) is 98.8 cm³/mol. The minimum Gasteiger partial charge on any atom is -0.494 e. The van der Waals surface area contributed by atoms with Gasteiger partial charge < -0.3 is 14.0 Å². The number of hydrogen-bond acceptors (Lipinski definition) is 3. The monoisotopic (exact) mass is 346 g/mol. The van der Waals surface area contributed by atoms with Gasteiger partial charge in [0.05, 0.1) is 45.0 Å². The fourth-order valence-corrected chi connectivity index (χ4v) is 4.81. The lowest BCUT2D eigenvalue weighted by atomic mass is 9.80. The van der Waals surface area contributed by atoms with E-state index in [9.17, 15) is 4.79 Å². The van der Waals surface area contributed by atoms with Crippen molar-refractivity contribution in [2.75, 3.05) is 33.4 Å². The molecule has 2 unspecified atom stereocenters. The number of piperidine rings is 2. The Balaban J connectivity index is 1.49. The first-order chi connectivity index (χ1) is 12.1. The summed E-state index contributed by atoms with van der Waals surface area (Å²) in [6, 6.07) is 7.98. The summed E-state index contributed by atoms with van der Waals surface area (Å²) in [6.45, 7) is 5.76. The first-order valence-electron chi connectivity index (χ1n) is 9.86. The number of fused-ring (bicyclic) bond motifs is 1. The molecular formula is C21H32NO3+. The zero-order chi connectivity index (χ0) is 17.7. The molecule has 0 aliphatic carbocycles. The van der Waals surface area contributed by atoms with Crippen LogP contribution in [0.2, 0.25) is 0 Å². The van der Waals surface area contributed by atoms with Gasteiger partial charge in [-0.05, 0) is 69.7 Å². The molecule has 4 nitrogen and oxygen atoms in total. The van der Waals surface area contributed by atoms with Crippen molar-refractivity contribution in [3.8, 4) is 5.75 Å². The van der Waals surface area contributed by atoms with Gasteiger partial charge in [-0.3, -0.25) is 0 Å². The highest BCUT2D eigenvalue weighted by Gasteiger charge is 2.43. The fraction of sp³-hybridized carbons (Fsp3) is 0.667. The van der Waals surface area contributed by atoms with Gasteiger partial charge in [0, 0.05) is 5.92 Å². The summed E-state index contributed by atoms with van der Waals surface area (Å²) in [5.74, 6) is 1.27. The highest BCUT2D eigenvalue weighted by molar-refractivity contribution is 5.89. The molecule has 2 heterocycles. The van der Waals surface area contributed by atoms with Crippen LogP contribution in [0, 0.1) is 5.92 Å². The number of hydrogen-bond donors (Lipinski definition) is 0. The van der Waals surface area contributed by atoms with E-state index in [0.717, 1.165) is 18.2 Å². The number of quaternary nitrogens is 1. The van der Waals surface area contributed by atoms with Gasteiger partial charge in [-0.15, -0.1) is 0 Å². The predicted octanol–water partition coefficient (Wildman–Crippen LogP) is 4.04. The number of benzene rings is 1. The van der Waals surface area contributed by atoms with E-state index < -0.39 is 0 Å². The minimum atomic E-state index is -0.222. The third-order valence-corrected chi connectivity index (χ3v) is 6.13. The molecular weight excluding hydrogens is 314 g/mol. The molecule has 0 aromatic heterocycles. The second-order valence-corrected chi connectivity index (χ2v) is 7.77. The van der Waals surface area contributed by atoms with Gasteiger partial charge in [0.25, 0.3) is 0 Å². The Hall–Kier alpha value is -1.55. The van der Waals surface area contributed by atoms with Crippen LogP contribution in [0.1, 0.15) is 55.8 Å². The molecule has 2 fully saturated rings. The summed E-state index contributed by atoms with van der Waals surface area (Å²) < 4.78 is 12.2. The maximum absolute atomic E-state index is 12.2. The molecule has 3 rings (SSSR count). The Morgan fingerprint density at radius 1 is 1.12 bits per heavy atom. The van der Waals surface area contributed by atoms with E-state index in [1.807, 2.05) is 19.1 Å². The molecule has 1 aromatic carbocycles. The first kappa shape index (κ1) is 18.2. The number of ether oxygens (including phenoxy) is 2. The number of esters is 1. The number of rotatable bonds is 6. The third kappa shape index (κ3) is 4.35. The Morgan fingerprint density at radius 3 is 2.64 bits per heavy atom. The van der Waals surface area contributed by atoms with E-state index in [0.29, 0.717) is 24.7 Å². The fourth-order valence-electron chi connectivity index (χ4n) is 4.81. The van der Waals surface area contributed by atoms with Gasteiger partial charge in [0.2, 0.25) is 0 Å². The molecule has 2 saturated heterocycles. The third-order valence-electron chi connectivity index (χ3n) is 6.13. The van der Waals surface area contributed by atoms with E-state index >= 15 is 0 Å². The van der Waals surface area contributed by atoms with Crippen LogP contribution in [0.5, 0.6) is 5.75 Å². The smallest absolute Gasteiger partial charge is 0.338 e. The van der Waals surface area contributed by atoms with Crippen LogP contribution in [-0.4, -0.2) is 49.8 Å². The van der Waals surface area contributed by atoms with Crippen LogP contribution < -0.4 is 4.74 Å². The summed E-state index contributed by atoms with van der Waals surface area (Å²) in [6.07, 6.45) is 7.67. The van der Waals surface area contributed by atoms with Crippen LogP contribution in [0.25, 0.3) is 0 Å². The molecule has 4 heteroatoms. The highest BCUT2D eigenvalue weighted by Crippen LogP contribution is 2.37. The lowest BCUT2D eigenvalue weighted by Crippen LogP contribution is -2.60. The van der Waals surface area contributed by atoms with Crippen molar-refractivity contribution in [1.82, 2.24) is 0 Å². The zero-order valence-electron chi connectivity index (χ0n) is 15.7. The van der Waals surface area contributed by atoms with Crippen molar-refractivity contribution in [3.63, 3.8) is 0 Å². The van der Waals surface area contributed by atoms with Crippen molar-refractivity contribution in [2.45, 2.75) is 51.5 Å². The summed E-state index contributed by atoms with van der Waals surface area (Å²) in [4.78, 5) is 12.2. The van der Waals surface area contributed by atoms with E-state index in [1.165, 1.54) is 49.7 Å². The lowest BCUT2D eigenvalue weighted by molar-refractivity contribution is -0.947. The molecule has 3 atom stereocenters. The number of carbonyl (C=O) groups excluding carboxylic acids is 1. The molecule has 2 aliphatic heterocycles. The van der Waals surface area contributed by atoms with Crippen molar-refractivity contribution >= 4 is 5.97 Å². The molecule has 0 saturated carbocycles. The molecule has 1 aromatic rings. The Labute approximate surface area is 151 Å². The molecule has 0 amide bonds. The second-order valence-electron chi connectivity index (χ2n) is 7.77. The Bertz CT molecular complexity index is 567. The SMILES string of the molecule is CCOc1ccc(C(=O)OCC[C@@H]2CCC[N+]3(C)CCCCC23)cc1. The standard InChI is InChI=1S/C21H32NO3/c1-3-24-19-11-9-18(10-12-19)21(23)25-16-13-17-7-6-15-22(2)14-5-4-8-20(17)22/h9-12,17,20H,3-8,13-16H2,1-2H3/q+1/t17-,20?,22?/m0/s1. The average molecular weight is 346 g/mol. The van der Waals surface area contributed by atoms with Crippen LogP contribution in [0.3, 0.4) is 0 Å². The summed E-state index contributed by atoms with van der Waals surface area (Å²) in [7, 11) is 2.43. The van der Waals surface area contributed by atoms with Crippen molar-refractivity contribution in [3.05, 3.63) is 29.8 Å². The van der Waals surface area contributed by atoms with Gasteiger partial charge in [-0.1, -0.05) is 0 Å². The van der Waals surface area contributed by atoms with Crippen LogP contribution in [-0.2, 0) is 4.74 Å². The molecule has 0 spiro atoms. The van der Waals surface area contributed by atoms with Crippen LogP contribution >= 0.6 is 0 Å². The molecule has 0 N–H and O–H groups in total. The minimum absolute atomic E-state index is 0.222. The summed E-state index contributed by atoms with van der Waals surface area (Å²) in [5.41, 5.74) is 0.602. The van der Waals surface area contributed by atoms with Crippen molar-refractivity contribution < 1.29 is 18.8 Å². The van der Waals surface area contributed by atoms with Crippen LogP contribution in [0.15, 0.2) is 24.3 Å². The van der Waals surface area contributed by atoms with E-state index in [-0.39, 0.29) is 5.97 Å². The van der Waals surface area contributed by atoms with Gasteiger partial charge in [0.15, 0.2) is 0 Å². The summed E-state index contributed by atoms with van der Waals surface area (Å²) >= 11 is 0. The summed E-state index contributed by atoms with van der Waals surface area (Å²) in [5, 5.41) is 0.